The van der Waals surface area contributed by atoms with Crippen molar-refractivity contribution in [3.05, 3.63) is 90.0 Å². The van der Waals surface area contributed by atoms with Gasteiger partial charge in [-0.15, -0.1) is 5.12 Å². The van der Waals surface area contributed by atoms with Gasteiger partial charge in [-0.3, -0.25) is 4.79 Å². The summed E-state index contributed by atoms with van der Waals surface area (Å²) in [6, 6.07) is 24.1. The molecule has 1 atom stereocenters. The highest BCUT2D eigenvalue weighted by Crippen LogP contribution is 2.24. The van der Waals surface area contributed by atoms with Crippen LogP contribution in [0.1, 0.15) is 28.8 Å². The lowest BCUT2D eigenvalue weighted by Gasteiger charge is -2.22. The van der Waals surface area contributed by atoms with Crippen molar-refractivity contribution < 1.29 is 9.28 Å². The molecule has 29 heavy (non-hydrogen) atoms. The maximum atomic E-state index is 14.7. The van der Waals surface area contributed by atoms with E-state index >= 15 is 0 Å². The smallest absolute Gasteiger partial charge is 0.286 e. The zero-order valence-corrected chi connectivity index (χ0v) is 16.4. The number of halogens is 1. The Morgan fingerprint density at radius 1 is 0.931 bits per heavy atom. The fourth-order valence-corrected chi connectivity index (χ4v) is 3.86. The molecular formula is C25H25FN2O. The number of piperidine rings is 1. The largest absolute Gasteiger partial charge is 0.316 e. The van der Waals surface area contributed by atoms with Crippen LogP contribution in [0.5, 0.6) is 0 Å². The van der Waals surface area contributed by atoms with E-state index in [4.69, 9.17) is 0 Å². The first-order valence-electron chi connectivity index (χ1n) is 10.2. The fourth-order valence-electron chi connectivity index (χ4n) is 3.86. The van der Waals surface area contributed by atoms with Crippen LogP contribution in [0.15, 0.2) is 78.9 Å². The topological polar surface area (TPSA) is 32.3 Å². The van der Waals surface area contributed by atoms with Crippen molar-refractivity contribution in [2.75, 3.05) is 18.2 Å². The molecule has 0 bridgehead atoms. The normalized spacial score (nSPS) is 16.4. The van der Waals surface area contributed by atoms with E-state index in [0.29, 0.717) is 11.5 Å². The highest BCUT2D eigenvalue weighted by molar-refractivity contribution is 6.04. The van der Waals surface area contributed by atoms with E-state index in [1.165, 1.54) is 18.4 Å². The third-order valence-corrected chi connectivity index (χ3v) is 5.50. The fraction of sp³-hybridized carbons (Fsp3) is 0.240. The predicted molar refractivity (Wildman–Crippen MR) is 116 cm³/mol. The molecule has 4 rings (SSSR count). The van der Waals surface area contributed by atoms with Gasteiger partial charge in [0.15, 0.2) is 0 Å². The molecule has 4 heteroatoms. The van der Waals surface area contributed by atoms with Gasteiger partial charge in [-0.25, -0.2) is 0 Å². The van der Waals surface area contributed by atoms with E-state index in [1.54, 1.807) is 24.3 Å². The lowest BCUT2D eigenvalue weighted by Crippen LogP contribution is -2.30. The Kier molecular flexibility index (Phi) is 6.01. The van der Waals surface area contributed by atoms with Crippen molar-refractivity contribution in [1.29, 1.82) is 0 Å². The van der Waals surface area contributed by atoms with Gasteiger partial charge in [0.1, 0.15) is 0 Å². The molecule has 3 aromatic rings. The molecule has 1 N–H and O–H groups in total. The third kappa shape index (κ3) is 4.72. The molecule has 0 radical (unpaired) electrons. The van der Waals surface area contributed by atoms with E-state index < -0.39 is 5.91 Å². The number of nitrogens with one attached hydrogen (secondary N) is 1. The van der Waals surface area contributed by atoms with Gasteiger partial charge in [0, 0.05) is 5.56 Å². The quantitative estimate of drug-likeness (QED) is 0.591. The summed E-state index contributed by atoms with van der Waals surface area (Å²) in [6.45, 7) is 2.13. The first kappa shape index (κ1) is 19.3. The average molecular weight is 388 g/mol. The van der Waals surface area contributed by atoms with Gasteiger partial charge in [0.2, 0.25) is 0 Å². The third-order valence-electron chi connectivity index (χ3n) is 5.50. The summed E-state index contributed by atoms with van der Waals surface area (Å²) in [5.74, 6) is -0.0327. The molecule has 1 aliphatic heterocycles. The van der Waals surface area contributed by atoms with Gasteiger partial charge < -0.3 is 5.32 Å². The number of carbonyl (C=O) groups is 1. The average Bonchev–Trinajstić information content (AvgIpc) is 2.80. The summed E-state index contributed by atoms with van der Waals surface area (Å²) in [5.41, 5.74) is 3.81. The Labute approximate surface area is 171 Å². The van der Waals surface area contributed by atoms with E-state index in [9.17, 15) is 9.28 Å². The summed E-state index contributed by atoms with van der Waals surface area (Å²) in [7, 11) is 0. The summed E-state index contributed by atoms with van der Waals surface area (Å²) < 4.78 is 14.7. The summed E-state index contributed by atoms with van der Waals surface area (Å²) in [5, 5.41) is 3.64. The van der Waals surface area contributed by atoms with Gasteiger partial charge in [-0.1, -0.05) is 59.1 Å². The SMILES string of the molecule is O=C(c1ccc(-c2ccccc2)cc1)N(F)c1ccc(CC2CCCNC2)cc1. The Morgan fingerprint density at radius 2 is 1.62 bits per heavy atom. The number of hydrogen-bond acceptors (Lipinski definition) is 2. The molecule has 3 aromatic carbocycles. The summed E-state index contributed by atoms with van der Waals surface area (Å²) >= 11 is 0. The Balaban J connectivity index is 1.42. The second kappa shape index (κ2) is 9.01. The van der Waals surface area contributed by atoms with Crippen LogP contribution in [0.2, 0.25) is 0 Å². The van der Waals surface area contributed by atoms with Crippen LogP contribution in [0.4, 0.5) is 10.2 Å². The molecule has 1 fully saturated rings. The van der Waals surface area contributed by atoms with Crippen LogP contribution in [-0.2, 0) is 6.42 Å². The molecule has 1 heterocycles. The van der Waals surface area contributed by atoms with Gasteiger partial charge in [0.25, 0.3) is 5.91 Å². The van der Waals surface area contributed by atoms with Crippen LogP contribution in [0.3, 0.4) is 0 Å². The minimum Gasteiger partial charge on any atom is -0.316 e. The van der Waals surface area contributed by atoms with Crippen molar-refractivity contribution >= 4 is 11.6 Å². The van der Waals surface area contributed by atoms with Crippen molar-refractivity contribution in [3.8, 4) is 11.1 Å². The van der Waals surface area contributed by atoms with Crippen molar-refractivity contribution in [1.82, 2.24) is 5.32 Å². The molecule has 0 aliphatic carbocycles. The van der Waals surface area contributed by atoms with E-state index in [0.717, 1.165) is 30.6 Å². The van der Waals surface area contributed by atoms with Crippen LogP contribution in [0, 0.1) is 5.92 Å². The molecule has 0 aromatic heterocycles. The highest BCUT2D eigenvalue weighted by Gasteiger charge is 2.18. The van der Waals surface area contributed by atoms with Crippen LogP contribution in [-0.4, -0.2) is 19.0 Å². The zero-order chi connectivity index (χ0) is 20.1. The number of hydrogen-bond donors (Lipinski definition) is 1. The first-order valence-corrected chi connectivity index (χ1v) is 10.2. The molecule has 1 saturated heterocycles. The van der Waals surface area contributed by atoms with E-state index in [1.807, 2.05) is 54.6 Å². The van der Waals surface area contributed by atoms with Crippen LogP contribution < -0.4 is 10.4 Å². The Bertz CT molecular complexity index is 933. The molecule has 1 unspecified atom stereocenters. The minimum atomic E-state index is -0.658. The van der Waals surface area contributed by atoms with Crippen molar-refractivity contribution in [2.24, 2.45) is 5.92 Å². The first-order chi connectivity index (χ1) is 14.2. The van der Waals surface area contributed by atoms with Crippen LogP contribution >= 0.6 is 0 Å². The zero-order valence-electron chi connectivity index (χ0n) is 16.4. The second-order valence-electron chi connectivity index (χ2n) is 7.61. The van der Waals surface area contributed by atoms with Gasteiger partial charge in [-0.2, -0.15) is 0 Å². The molecule has 0 saturated carbocycles. The lowest BCUT2D eigenvalue weighted by atomic mass is 9.92. The molecule has 0 spiro atoms. The summed E-state index contributed by atoms with van der Waals surface area (Å²) in [6.07, 6.45) is 3.41. The molecule has 1 amide bonds. The number of nitrogens with zero attached hydrogens (tertiary/aromatic N) is 1. The second-order valence-corrected chi connectivity index (χ2v) is 7.61. The molecule has 148 valence electrons. The predicted octanol–water partition coefficient (Wildman–Crippen LogP) is 5.43. The number of rotatable bonds is 5. The highest BCUT2D eigenvalue weighted by atomic mass is 19.2. The number of amides is 1. The minimum absolute atomic E-state index is 0.226. The van der Waals surface area contributed by atoms with Gasteiger partial charge >= 0.3 is 0 Å². The molecule has 3 nitrogen and oxygen atoms in total. The maximum Gasteiger partial charge on any atom is 0.286 e. The number of carbonyl (C=O) groups excluding carboxylic acids is 1. The number of benzene rings is 3. The lowest BCUT2D eigenvalue weighted by molar-refractivity contribution is 0.0931. The molecular weight excluding hydrogens is 363 g/mol. The summed E-state index contributed by atoms with van der Waals surface area (Å²) in [4.78, 5) is 12.5. The number of anilines is 1. The van der Waals surface area contributed by atoms with Crippen molar-refractivity contribution in [2.45, 2.75) is 19.3 Å². The van der Waals surface area contributed by atoms with E-state index in [2.05, 4.69) is 5.32 Å². The standard InChI is InChI=1S/C25H25FN2O/c26-28(24-14-8-19(9-15-24)17-20-5-4-16-27-18-20)25(29)23-12-10-22(11-13-23)21-6-2-1-3-7-21/h1-3,6-15,20,27H,4-5,16-18H2. The van der Waals surface area contributed by atoms with Crippen molar-refractivity contribution in [3.63, 3.8) is 0 Å². The Morgan fingerprint density at radius 3 is 2.28 bits per heavy atom. The van der Waals surface area contributed by atoms with E-state index in [-0.39, 0.29) is 10.8 Å². The van der Waals surface area contributed by atoms with Crippen LogP contribution in [0.25, 0.3) is 11.1 Å². The van der Waals surface area contributed by atoms with Gasteiger partial charge in [-0.05, 0) is 79.2 Å². The monoisotopic (exact) mass is 388 g/mol. The maximum absolute atomic E-state index is 14.7. The van der Waals surface area contributed by atoms with Gasteiger partial charge in [0.05, 0.1) is 5.69 Å². The Hall–Kier alpha value is -2.98. The molecule has 1 aliphatic rings.